The van der Waals surface area contributed by atoms with E-state index in [1.165, 1.54) is 17.7 Å². The lowest BCUT2D eigenvalue weighted by Gasteiger charge is -2.25. The summed E-state index contributed by atoms with van der Waals surface area (Å²) in [6, 6.07) is 14.6. The Hall–Kier alpha value is -2.27. The lowest BCUT2D eigenvalue weighted by atomic mass is 10.0. The fraction of sp³-hybridized carbons (Fsp3) is 0.263. The van der Waals surface area contributed by atoms with Crippen LogP contribution in [0.4, 0.5) is 5.69 Å². The summed E-state index contributed by atoms with van der Waals surface area (Å²) in [5.74, 6) is -0.429. The Kier molecular flexibility index (Phi) is 4.62. The Balaban J connectivity index is 1.95. The first-order valence-electron chi connectivity index (χ1n) is 7.82. The molecule has 1 atom stereocenters. The molecular weight excluding hydrogens is 322 g/mol. The van der Waals surface area contributed by atoms with Crippen molar-refractivity contribution in [2.45, 2.75) is 25.1 Å². The molecule has 5 heteroatoms. The number of thioether (sulfide) groups is 1. The normalized spacial score (nSPS) is 17.5. The molecule has 1 amide bonds. The molecule has 0 bridgehead atoms. The molecule has 1 unspecified atom stereocenters. The van der Waals surface area contributed by atoms with E-state index in [1.807, 2.05) is 12.1 Å². The number of hydrogen-bond donors (Lipinski definition) is 0. The summed E-state index contributed by atoms with van der Waals surface area (Å²) in [6.45, 7) is 4.28. The maximum atomic E-state index is 12.4. The van der Waals surface area contributed by atoms with Gasteiger partial charge in [-0.25, -0.2) is 0 Å². The second-order valence-corrected chi connectivity index (χ2v) is 7.15. The van der Waals surface area contributed by atoms with E-state index in [1.54, 1.807) is 28.8 Å². The van der Waals surface area contributed by atoms with Crippen LogP contribution in [0.1, 0.15) is 46.6 Å². The number of rotatable bonds is 4. The van der Waals surface area contributed by atoms with Crippen molar-refractivity contribution in [3.05, 3.63) is 65.2 Å². The van der Waals surface area contributed by atoms with Crippen molar-refractivity contribution in [2.75, 3.05) is 10.7 Å². The highest BCUT2D eigenvalue weighted by atomic mass is 32.2. The number of amides is 1. The van der Waals surface area contributed by atoms with E-state index in [0.29, 0.717) is 17.4 Å². The molecule has 2 aromatic carbocycles. The van der Waals surface area contributed by atoms with Crippen LogP contribution in [0, 0.1) is 0 Å². The molecule has 1 saturated heterocycles. The van der Waals surface area contributed by atoms with Crippen LogP contribution >= 0.6 is 11.8 Å². The number of aromatic carboxylic acids is 1. The van der Waals surface area contributed by atoms with Crippen LogP contribution in [0.5, 0.6) is 0 Å². The smallest absolute Gasteiger partial charge is 0.238 e. The maximum Gasteiger partial charge on any atom is 0.238 e. The average Bonchev–Trinajstić information content (AvgIpc) is 2.96. The van der Waals surface area contributed by atoms with E-state index in [4.69, 9.17) is 0 Å². The van der Waals surface area contributed by atoms with Crippen molar-refractivity contribution < 1.29 is 14.7 Å². The van der Waals surface area contributed by atoms with Gasteiger partial charge in [-0.15, -0.1) is 11.8 Å². The molecule has 0 aromatic heterocycles. The number of carbonyl (C=O) groups excluding carboxylic acids is 2. The van der Waals surface area contributed by atoms with Crippen LogP contribution < -0.4 is 10.0 Å². The van der Waals surface area contributed by atoms with Crippen molar-refractivity contribution in [3.63, 3.8) is 0 Å². The molecule has 0 radical (unpaired) electrons. The highest BCUT2D eigenvalue weighted by molar-refractivity contribution is 8.00. The zero-order chi connectivity index (χ0) is 17.3. The second kappa shape index (κ2) is 6.69. The minimum atomic E-state index is -1.24. The molecule has 1 aliphatic rings. The molecule has 0 N–H and O–H groups in total. The van der Waals surface area contributed by atoms with Crippen molar-refractivity contribution in [3.8, 4) is 0 Å². The summed E-state index contributed by atoms with van der Waals surface area (Å²) in [4.78, 5) is 25.1. The largest absolute Gasteiger partial charge is 0.545 e. The number of carboxylic acid groups (broad SMARTS) is 1. The minimum Gasteiger partial charge on any atom is -0.545 e. The van der Waals surface area contributed by atoms with E-state index in [2.05, 4.69) is 26.0 Å². The summed E-state index contributed by atoms with van der Waals surface area (Å²) in [7, 11) is 0. The lowest BCUT2D eigenvalue weighted by molar-refractivity contribution is -0.255. The topological polar surface area (TPSA) is 60.4 Å². The number of hydrogen-bond acceptors (Lipinski definition) is 4. The molecule has 1 fully saturated rings. The summed E-state index contributed by atoms with van der Waals surface area (Å²) in [5, 5.41) is 10.9. The molecule has 0 spiro atoms. The zero-order valence-corrected chi connectivity index (χ0v) is 14.4. The van der Waals surface area contributed by atoms with Crippen molar-refractivity contribution in [1.29, 1.82) is 0 Å². The fourth-order valence-electron chi connectivity index (χ4n) is 2.78. The van der Waals surface area contributed by atoms with Gasteiger partial charge in [-0.05, 0) is 34.7 Å². The average molecular weight is 340 g/mol. The summed E-state index contributed by atoms with van der Waals surface area (Å²) in [5.41, 5.74) is 2.95. The molecule has 3 rings (SSSR count). The van der Waals surface area contributed by atoms with Gasteiger partial charge in [0, 0.05) is 5.69 Å². The molecule has 24 heavy (non-hydrogen) atoms. The van der Waals surface area contributed by atoms with E-state index in [0.717, 1.165) is 5.56 Å². The fourth-order valence-corrected chi connectivity index (χ4v) is 3.96. The molecule has 1 aliphatic heterocycles. The number of benzene rings is 2. The number of anilines is 1. The first kappa shape index (κ1) is 16.6. The Labute approximate surface area is 145 Å². The zero-order valence-electron chi connectivity index (χ0n) is 13.6. The van der Waals surface area contributed by atoms with Crippen molar-refractivity contribution in [1.82, 2.24) is 0 Å². The van der Waals surface area contributed by atoms with Gasteiger partial charge in [-0.1, -0.05) is 50.2 Å². The summed E-state index contributed by atoms with van der Waals surface area (Å²) >= 11 is 1.55. The Morgan fingerprint density at radius 1 is 1.21 bits per heavy atom. The molecule has 4 nitrogen and oxygen atoms in total. The Morgan fingerprint density at radius 3 is 2.54 bits per heavy atom. The molecule has 0 aliphatic carbocycles. The van der Waals surface area contributed by atoms with Gasteiger partial charge >= 0.3 is 0 Å². The van der Waals surface area contributed by atoms with E-state index >= 15 is 0 Å². The van der Waals surface area contributed by atoms with Gasteiger partial charge in [0.2, 0.25) is 5.91 Å². The summed E-state index contributed by atoms with van der Waals surface area (Å²) < 4.78 is 0. The van der Waals surface area contributed by atoms with Crippen molar-refractivity contribution in [2.24, 2.45) is 0 Å². The van der Waals surface area contributed by atoms with Gasteiger partial charge in [0.1, 0.15) is 5.37 Å². The van der Waals surface area contributed by atoms with Gasteiger partial charge in [-0.2, -0.15) is 0 Å². The van der Waals surface area contributed by atoms with Crippen LogP contribution in [0.2, 0.25) is 0 Å². The highest BCUT2D eigenvalue weighted by Crippen LogP contribution is 2.42. The van der Waals surface area contributed by atoms with Gasteiger partial charge in [0.05, 0.1) is 11.7 Å². The SMILES string of the molecule is CC(C)c1ccc(C2SCC(=O)N2c2cccc(C(=O)[O-])c2)cc1. The first-order valence-corrected chi connectivity index (χ1v) is 8.87. The van der Waals surface area contributed by atoms with Gasteiger partial charge in [0.25, 0.3) is 0 Å². The second-order valence-electron chi connectivity index (χ2n) is 6.09. The predicted octanol–water partition coefficient (Wildman–Crippen LogP) is 2.95. The minimum absolute atomic E-state index is 0.0200. The molecular formula is C19H18NO3S-. The molecule has 1 heterocycles. The third kappa shape index (κ3) is 3.17. The van der Waals surface area contributed by atoms with Crippen LogP contribution in [0.3, 0.4) is 0 Å². The highest BCUT2D eigenvalue weighted by Gasteiger charge is 2.34. The van der Waals surface area contributed by atoms with Crippen LogP contribution in [-0.4, -0.2) is 17.6 Å². The predicted molar refractivity (Wildman–Crippen MR) is 94.0 cm³/mol. The molecule has 124 valence electrons. The quantitative estimate of drug-likeness (QED) is 0.858. The van der Waals surface area contributed by atoms with Crippen LogP contribution in [0.15, 0.2) is 48.5 Å². The number of carbonyl (C=O) groups is 2. The Bertz CT molecular complexity index is 770. The van der Waals surface area contributed by atoms with Crippen LogP contribution in [0.25, 0.3) is 0 Å². The van der Waals surface area contributed by atoms with Crippen molar-refractivity contribution >= 4 is 29.3 Å². The van der Waals surface area contributed by atoms with Gasteiger partial charge < -0.3 is 9.90 Å². The maximum absolute atomic E-state index is 12.4. The van der Waals surface area contributed by atoms with Gasteiger partial charge in [-0.3, -0.25) is 9.69 Å². The van der Waals surface area contributed by atoms with Crippen LogP contribution in [-0.2, 0) is 4.79 Å². The first-order chi connectivity index (χ1) is 11.5. The Morgan fingerprint density at radius 2 is 1.92 bits per heavy atom. The standard InChI is InChI=1S/C19H19NO3S/c1-12(2)13-6-8-14(9-7-13)18-20(17(21)11-24-18)16-5-3-4-15(10-16)19(22)23/h3-10,12,18H,11H2,1-2H3,(H,22,23)/p-1. The molecule has 2 aromatic rings. The molecule has 0 saturated carbocycles. The third-order valence-electron chi connectivity index (χ3n) is 4.12. The van der Waals surface area contributed by atoms with E-state index in [9.17, 15) is 14.7 Å². The third-order valence-corrected chi connectivity index (χ3v) is 5.33. The van der Waals surface area contributed by atoms with E-state index < -0.39 is 5.97 Å². The lowest BCUT2D eigenvalue weighted by Crippen LogP contribution is -2.28. The van der Waals surface area contributed by atoms with E-state index in [-0.39, 0.29) is 16.8 Å². The number of carboxylic acids is 1. The number of nitrogens with zero attached hydrogens (tertiary/aromatic N) is 1. The summed E-state index contributed by atoms with van der Waals surface area (Å²) in [6.07, 6.45) is 0. The monoisotopic (exact) mass is 340 g/mol. The van der Waals surface area contributed by atoms with Gasteiger partial charge in [0.15, 0.2) is 0 Å².